The number of carbonyl (C=O) groups excluding carboxylic acids is 2. The monoisotopic (exact) mass is 441 g/mol. The summed E-state index contributed by atoms with van der Waals surface area (Å²) >= 11 is 0. The first kappa shape index (κ1) is 23.2. The smallest absolute Gasteiger partial charge is 0.255 e. The van der Waals surface area contributed by atoms with Crippen molar-refractivity contribution in [3.8, 4) is 17.2 Å². The summed E-state index contributed by atoms with van der Waals surface area (Å²) in [7, 11) is 4.54. The molecule has 1 aliphatic heterocycles. The number of amides is 2. The van der Waals surface area contributed by atoms with Gasteiger partial charge in [0, 0.05) is 49.0 Å². The third kappa shape index (κ3) is 5.07. The summed E-state index contributed by atoms with van der Waals surface area (Å²) in [6.07, 6.45) is 0. The van der Waals surface area contributed by atoms with Gasteiger partial charge in [-0.25, -0.2) is 0 Å². The summed E-state index contributed by atoms with van der Waals surface area (Å²) < 4.78 is 16.0. The van der Waals surface area contributed by atoms with E-state index in [1.54, 1.807) is 12.1 Å². The van der Waals surface area contributed by atoms with Crippen LogP contribution in [-0.4, -0.2) is 64.2 Å². The van der Waals surface area contributed by atoms with E-state index in [0.29, 0.717) is 28.5 Å². The molecule has 0 bridgehead atoms. The van der Waals surface area contributed by atoms with Crippen molar-refractivity contribution in [1.29, 1.82) is 0 Å². The van der Waals surface area contributed by atoms with E-state index in [1.165, 1.54) is 21.3 Å². The number of carbonyl (C=O) groups is 2. The first-order chi connectivity index (χ1) is 15.4. The van der Waals surface area contributed by atoms with Gasteiger partial charge in [-0.05, 0) is 36.4 Å². The van der Waals surface area contributed by atoms with E-state index in [1.807, 2.05) is 43.0 Å². The highest BCUT2D eigenvalue weighted by molar-refractivity contribution is 6.05. The Morgan fingerprint density at radius 3 is 1.91 bits per heavy atom. The van der Waals surface area contributed by atoms with Gasteiger partial charge < -0.3 is 29.3 Å². The molecule has 0 spiro atoms. The molecule has 0 aromatic heterocycles. The maximum atomic E-state index is 12.8. The van der Waals surface area contributed by atoms with E-state index >= 15 is 0 Å². The van der Waals surface area contributed by atoms with Gasteiger partial charge in [0.15, 0.2) is 11.5 Å². The largest absolute Gasteiger partial charge is 0.493 e. The van der Waals surface area contributed by atoms with Crippen LogP contribution in [0.3, 0.4) is 0 Å². The predicted molar refractivity (Wildman–Crippen MR) is 124 cm³/mol. The lowest BCUT2D eigenvalue weighted by molar-refractivity contribution is -0.134. The standard InChI is InChI=1S/C24H31N3O5/c1-16(2)24(29)27-12-10-26(11-13-27)19-8-6-18(7-9-19)25-23(28)17-14-20(30-3)22(32-5)21(15-17)31-4/h6-9,14-16H,10-13H2,1-5H3,(H,25,28). The second-order valence-corrected chi connectivity index (χ2v) is 7.88. The number of nitrogens with zero attached hydrogens (tertiary/aromatic N) is 2. The zero-order valence-corrected chi connectivity index (χ0v) is 19.3. The minimum Gasteiger partial charge on any atom is -0.493 e. The van der Waals surface area contributed by atoms with Crippen LogP contribution in [0.25, 0.3) is 0 Å². The summed E-state index contributed by atoms with van der Waals surface area (Å²) in [6.45, 7) is 6.87. The number of hydrogen-bond donors (Lipinski definition) is 1. The van der Waals surface area contributed by atoms with Crippen molar-refractivity contribution in [2.45, 2.75) is 13.8 Å². The highest BCUT2D eigenvalue weighted by atomic mass is 16.5. The molecule has 0 aliphatic carbocycles. The Morgan fingerprint density at radius 1 is 0.875 bits per heavy atom. The molecule has 3 rings (SSSR count). The van der Waals surface area contributed by atoms with E-state index in [-0.39, 0.29) is 17.7 Å². The molecule has 1 aliphatic rings. The number of piperazine rings is 1. The Balaban J connectivity index is 1.65. The Labute approximate surface area is 189 Å². The lowest BCUT2D eigenvalue weighted by atomic mass is 10.1. The molecular weight excluding hydrogens is 410 g/mol. The van der Waals surface area contributed by atoms with Gasteiger partial charge >= 0.3 is 0 Å². The maximum absolute atomic E-state index is 12.8. The van der Waals surface area contributed by atoms with E-state index in [4.69, 9.17) is 14.2 Å². The molecule has 0 radical (unpaired) electrons. The third-order valence-corrected chi connectivity index (χ3v) is 5.50. The highest BCUT2D eigenvalue weighted by Crippen LogP contribution is 2.38. The Hall–Kier alpha value is -3.42. The second kappa shape index (κ2) is 10.3. The van der Waals surface area contributed by atoms with Crippen molar-refractivity contribution in [3.63, 3.8) is 0 Å². The van der Waals surface area contributed by atoms with E-state index < -0.39 is 0 Å². The van der Waals surface area contributed by atoms with Gasteiger partial charge in [-0.1, -0.05) is 13.8 Å². The molecule has 8 heteroatoms. The molecule has 1 fully saturated rings. The van der Waals surface area contributed by atoms with E-state index in [2.05, 4.69) is 10.2 Å². The molecular formula is C24H31N3O5. The van der Waals surface area contributed by atoms with Crippen LogP contribution >= 0.6 is 0 Å². The molecule has 1 saturated heterocycles. The van der Waals surface area contributed by atoms with Crippen molar-refractivity contribution >= 4 is 23.2 Å². The zero-order valence-electron chi connectivity index (χ0n) is 19.3. The molecule has 0 atom stereocenters. The van der Waals surface area contributed by atoms with Crippen LogP contribution in [0, 0.1) is 5.92 Å². The molecule has 32 heavy (non-hydrogen) atoms. The number of nitrogens with one attached hydrogen (secondary N) is 1. The SMILES string of the molecule is COc1cc(C(=O)Nc2ccc(N3CCN(C(=O)C(C)C)CC3)cc2)cc(OC)c1OC. The molecule has 2 aromatic rings. The average molecular weight is 442 g/mol. The van der Waals surface area contributed by atoms with Crippen LogP contribution in [0.5, 0.6) is 17.2 Å². The van der Waals surface area contributed by atoms with Crippen molar-refractivity contribution in [2.24, 2.45) is 5.92 Å². The fourth-order valence-corrected chi connectivity index (χ4v) is 3.72. The molecule has 8 nitrogen and oxygen atoms in total. The van der Waals surface area contributed by atoms with Crippen molar-refractivity contribution < 1.29 is 23.8 Å². The topological polar surface area (TPSA) is 80.3 Å². The summed E-state index contributed by atoms with van der Waals surface area (Å²) in [6, 6.07) is 10.9. The second-order valence-electron chi connectivity index (χ2n) is 7.88. The number of anilines is 2. The van der Waals surface area contributed by atoms with Gasteiger partial charge in [0.05, 0.1) is 21.3 Å². The summed E-state index contributed by atoms with van der Waals surface area (Å²) in [5, 5.41) is 2.90. The van der Waals surface area contributed by atoms with Gasteiger partial charge in [-0.15, -0.1) is 0 Å². The fourth-order valence-electron chi connectivity index (χ4n) is 3.72. The predicted octanol–water partition coefficient (Wildman–Crippen LogP) is 3.27. The fraction of sp³-hybridized carbons (Fsp3) is 0.417. The first-order valence-electron chi connectivity index (χ1n) is 10.6. The highest BCUT2D eigenvalue weighted by Gasteiger charge is 2.23. The lowest BCUT2D eigenvalue weighted by Crippen LogP contribution is -2.49. The van der Waals surface area contributed by atoms with Crippen LogP contribution in [0.1, 0.15) is 24.2 Å². The van der Waals surface area contributed by atoms with Gasteiger partial charge in [-0.3, -0.25) is 9.59 Å². The maximum Gasteiger partial charge on any atom is 0.255 e. The summed E-state index contributed by atoms with van der Waals surface area (Å²) in [5.74, 6) is 1.22. The van der Waals surface area contributed by atoms with Gasteiger partial charge in [0.25, 0.3) is 5.91 Å². The van der Waals surface area contributed by atoms with Crippen LogP contribution < -0.4 is 24.4 Å². The molecule has 0 saturated carbocycles. The van der Waals surface area contributed by atoms with Crippen LogP contribution in [-0.2, 0) is 4.79 Å². The summed E-state index contributed by atoms with van der Waals surface area (Å²) in [4.78, 5) is 29.1. The van der Waals surface area contributed by atoms with Gasteiger partial charge in [0.1, 0.15) is 0 Å². The number of methoxy groups -OCH3 is 3. The van der Waals surface area contributed by atoms with Crippen molar-refractivity contribution in [2.75, 3.05) is 57.7 Å². The number of benzene rings is 2. The normalized spacial score (nSPS) is 13.7. The average Bonchev–Trinajstić information content (AvgIpc) is 2.83. The minimum atomic E-state index is -0.280. The molecule has 2 aromatic carbocycles. The minimum absolute atomic E-state index is 0.0232. The first-order valence-corrected chi connectivity index (χ1v) is 10.6. The third-order valence-electron chi connectivity index (χ3n) is 5.50. The number of hydrogen-bond acceptors (Lipinski definition) is 6. The van der Waals surface area contributed by atoms with Crippen molar-refractivity contribution in [1.82, 2.24) is 4.90 Å². The Kier molecular flexibility index (Phi) is 7.45. The van der Waals surface area contributed by atoms with E-state index in [9.17, 15) is 9.59 Å². The quantitative estimate of drug-likeness (QED) is 0.710. The van der Waals surface area contributed by atoms with Crippen LogP contribution in [0.2, 0.25) is 0 Å². The Morgan fingerprint density at radius 2 is 1.44 bits per heavy atom. The molecule has 0 unspecified atom stereocenters. The van der Waals surface area contributed by atoms with Crippen LogP contribution in [0.4, 0.5) is 11.4 Å². The molecule has 2 amide bonds. The molecule has 172 valence electrons. The lowest BCUT2D eigenvalue weighted by Gasteiger charge is -2.37. The van der Waals surface area contributed by atoms with Gasteiger partial charge in [-0.2, -0.15) is 0 Å². The van der Waals surface area contributed by atoms with Gasteiger partial charge in [0.2, 0.25) is 11.7 Å². The van der Waals surface area contributed by atoms with Crippen LogP contribution in [0.15, 0.2) is 36.4 Å². The van der Waals surface area contributed by atoms with Crippen molar-refractivity contribution in [3.05, 3.63) is 42.0 Å². The number of rotatable bonds is 7. The molecule has 1 N–H and O–H groups in total. The zero-order chi connectivity index (χ0) is 23.3. The molecule has 1 heterocycles. The van der Waals surface area contributed by atoms with E-state index in [0.717, 1.165) is 31.9 Å². The Bertz CT molecular complexity index is 926. The summed E-state index contributed by atoms with van der Waals surface area (Å²) in [5.41, 5.74) is 2.14. The number of ether oxygens (including phenoxy) is 3.